The molecule has 1 heterocycles. The number of carbonyl (C=O) groups is 2. The summed E-state index contributed by atoms with van der Waals surface area (Å²) < 4.78 is 10.7. The summed E-state index contributed by atoms with van der Waals surface area (Å²) in [5.74, 6) is 0.417. The van der Waals surface area contributed by atoms with Crippen molar-refractivity contribution in [3.8, 4) is 0 Å². The second-order valence-corrected chi connectivity index (χ2v) is 6.12. The topological polar surface area (TPSA) is 55.9 Å². The van der Waals surface area contributed by atoms with Crippen LogP contribution in [0.2, 0.25) is 0 Å². The molecule has 18 heavy (non-hydrogen) atoms. The van der Waals surface area contributed by atoms with Crippen molar-refractivity contribution in [1.82, 2.24) is 0 Å². The fourth-order valence-electron chi connectivity index (χ4n) is 4.10. The van der Waals surface area contributed by atoms with Crippen LogP contribution in [0.5, 0.6) is 0 Å². The Morgan fingerprint density at radius 1 is 1.50 bits per heavy atom. The zero-order valence-electron chi connectivity index (χ0n) is 11.0. The summed E-state index contributed by atoms with van der Waals surface area (Å²) in [5.41, 5.74) is -0.554. The lowest BCUT2D eigenvalue weighted by atomic mass is 9.57. The van der Waals surface area contributed by atoms with E-state index < -0.39 is 0 Å². The Morgan fingerprint density at radius 2 is 2.28 bits per heavy atom. The summed E-state index contributed by atoms with van der Waals surface area (Å²) in [6.07, 6.45) is 4.85. The van der Waals surface area contributed by atoms with Gasteiger partial charge in [-0.05, 0) is 38.5 Å². The van der Waals surface area contributed by atoms with Gasteiger partial charge in [0.05, 0.1) is 25.0 Å². The monoisotopic (exact) mass is 252 g/mol. The highest BCUT2D eigenvalue weighted by Gasteiger charge is 2.73. The van der Waals surface area contributed by atoms with E-state index in [1.165, 1.54) is 7.11 Å². The predicted octanol–water partition coefficient (Wildman–Crippen LogP) is 1.86. The molecule has 4 heteroatoms. The van der Waals surface area contributed by atoms with Crippen LogP contribution < -0.4 is 0 Å². The maximum Gasteiger partial charge on any atom is 0.305 e. The Hall–Kier alpha value is -0.900. The minimum absolute atomic E-state index is 0.0969. The van der Waals surface area contributed by atoms with Crippen LogP contribution in [0.4, 0.5) is 0 Å². The van der Waals surface area contributed by atoms with Crippen LogP contribution in [-0.2, 0) is 19.1 Å². The number of rotatable bonds is 2. The molecule has 0 aromatic rings. The third-order valence-electron chi connectivity index (χ3n) is 5.34. The molecule has 4 nitrogen and oxygen atoms in total. The van der Waals surface area contributed by atoms with Crippen LogP contribution in [0.3, 0.4) is 0 Å². The molecule has 100 valence electrons. The van der Waals surface area contributed by atoms with E-state index in [4.69, 9.17) is 9.47 Å². The van der Waals surface area contributed by atoms with Gasteiger partial charge in [0, 0.05) is 6.42 Å². The molecule has 3 aliphatic rings. The maximum absolute atomic E-state index is 12.2. The van der Waals surface area contributed by atoms with Crippen LogP contribution in [0, 0.1) is 11.3 Å². The molecule has 3 rings (SSSR count). The van der Waals surface area contributed by atoms with E-state index in [0.29, 0.717) is 18.6 Å². The number of hydrogen-bond donors (Lipinski definition) is 0. The average Bonchev–Trinajstić information content (AvgIpc) is 3.08. The molecule has 3 fully saturated rings. The second kappa shape index (κ2) is 3.80. The number of ketones is 1. The molecular weight excluding hydrogens is 232 g/mol. The molecular formula is C14H20O4. The largest absolute Gasteiger partial charge is 0.469 e. The SMILES string of the molecule is COC(=O)C[C@H]1CC[C@@]2(C)C(=O)CCC[C@@]23O[C@@H]13. The van der Waals surface area contributed by atoms with Crippen molar-refractivity contribution in [1.29, 1.82) is 0 Å². The standard InChI is InChI=1S/C14H20O4/c1-13-7-5-9(8-11(16)17-2)12-14(13,18-12)6-3-4-10(13)15/h9,12H,3-8H2,1-2H3/t9-,12+,13+,14+/m1/s1. The molecule has 0 N–H and O–H groups in total. The van der Waals surface area contributed by atoms with Gasteiger partial charge in [-0.2, -0.15) is 0 Å². The molecule has 1 spiro atoms. The molecule has 2 aliphatic carbocycles. The third-order valence-corrected chi connectivity index (χ3v) is 5.34. The van der Waals surface area contributed by atoms with E-state index in [1.54, 1.807) is 0 Å². The normalized spacial score (nSPS) is 46.0. The first-order valence-electron chi connectivity index (χ1n) is 6.81. The molecule has 0 bridgehead atoms. The lowest BCUT2D eigenvalue weighted by Crippen LogP contribution is -2.51. The summed E-state index contributed by atoms with van der Waals surface area (Å²) in [6, 6.07) is 0. The van der Waals surface area contributed by atoms with Crippen molar-refractivity contribution in [2.45, 2.75) is 57.2 Å². The van der Waals surface area contributed by atoms with Gasteiger partial charge in [0.15, 0.2) is 0 Å². The minimum atomic E-state index is -0.303. The fourth-order valence-corrected chi connectivity index (χ4v) is 4.10. The smallest absolute Gasteiger partial charge is 0.305 e. The number of methoxy groups -OCH3 is 1. The first kappa shape index (κ1) is 12.2. The van der Waals surface area contributed by atoms with E-state index in [1.807, 2.05) is 0 Å². The minimum Gasteiger partial charge on any atom is -0.469 e. The summed E-state index contributed by atoms with van der Waals surface area (Å²) in [4.78, 5) is 23.6. The average molecular weight is 252 g/mol. The fraction of sp³-hybridized carbons (Fsp3) is 0.857. The first-order chi connectivity index (χ1) is 8.53. The number of carbonyl (C=O) groups excluding carboxylic acids is 2. The molecule has 2 saturated carbocycles. The Balaban J connectivity index is 1.79. The Kier molecular flexibility index (Phi) is 2.56. The van der Waals surface area contributed by atoms with Crippen molar-refractivity contribution >= 4 is 11.8 Å². The molecule has 0 aromatic heterocycles. The van der Waals surface area contributed by atoms with Gasteiger partial charge in [-0.3, -0.25) is 9.59 Å². The number of Topliss-reactive ketones (excluding diaryl/α,β-unsaturated/α-hetero) is 1. The van der Waals surface area contributed by atoms with Gasteiger partial charge in [-0.25, -0.2) is 0 Å². The third kappa shape index (κ3) is 1.41. The van der Waals surface area contributed by atoms with E-state index in [9.17, 15) is 9.59 Å². The van der Waals surface area contributed by atoms with Gasteiger partial charge in [0.1, 0.15) is 11.4 Å². The molecule has 1 saturated heterocycles. The van der Waals surface area contributed by atoms with E-state index in [0.717, 1.165) is 25.7 Å². The molecule has 0 amide bonds. The maximum atomic E-state index is 12.2. The molecule has 4 atom stereocenters. The number of hydrogen-bond acceptors (Lipinski definition) is 4. The van der Waals surface area contributed by atoms with Crippen molar-refractivity contribution in [3.05, 3.63) is 0 Å². The van der Waals surface area contributed by atoms with Crippen molar-refractivity contribution < 1.29 is 19.1 Å². The van der Waals surface area contributed by atoms with E-state index >= 15 is 0 Å². The van der Waals surface area contributed by atoms with Crippen LogP contribution in [0.15, 0.2) is 0 Å². The lowest BCUT2D eigenvalue weighted by molar-refractivity contribution is -0.142. The Labute approximate surface area is 107 Å². The highest BCUT2D eigenvalue weighted by molar-refractivity contribution is 5.87. The number of epoxide rings is 1. The van der Waals surface area contributed by atoms with Crippen LogP contribution >= 0.6 is 0 Å². The van der Waals surface area contributed by atoms with Gasteiger partial charge in [-0.15, -0.1) is 0 Å². The summed E-state index contributed by atoms with van der Waals surface area (Å²) in [7, 11) is 1.42. The van der Waals surface area contributed by atoms with Crippen molar-refractivity contribution in [2.24, 2.45) is 11.3 Å². The Bertz CT molecular complexity index is 405. The van der Waals surface area contributed by atoms with E-state index in [-0.39, 0.29) is 29.0 Å². The number of esters is 1. The molecule has 0 aromatic carbocycles. The van der Waals surface area contributed by atoms with Crippen LogP contribution in [0.1, 0.15) is 45.4 Å². The summed E-state index contributed by atoms with van der Waals surface area (Å²) in [5, 5.41) is 0. The lowest BCUT2D eigenvalue weighted by Gasteiger charge is -2.43. The summed E-state index contributed by atoms with van der Waals surface area (Å²) >= 11 is 0. The molecule has 0 unspecified atom stereocenters. The van der Waals surface area contributed by atoms with Gasteiger partial charge in [-0.1, -0.05) is 0 Å². The highest BCUT2D eigenvalue weighted by Crippen LogP contribution is 2.65. The quantitative estimate of drug-likeness (QED) is 0.556. The highest BCUT2D eigenvalue weighted by atomic mass is 16.6. The molecule has 1 aliphatic heterocycles. The van der Waals surface area contributed by atoms with Crippen molar-refractivity contribution in [2.75, 3.05) is 7.11 Å². The first-order valence-corrected chi connectivity index (χ1v) is 6.81. The van der Waals surface area contributed by atoms with Gasteiger partial charge in [0.25, 0.3) is 0 Å². The summed E-state index contributed by atoms with van der Waals surface area (Å²) in [6.45, 7) is 2.06. The van der Waals surface area contributed by atoms with Crippen molar-refractivity contribution in [3.63, 3.8) is 0 Å². The van der Waals surface area contributed by atoms with Gasteiger partial charge in [0.2, 0.25) is 0 Å². The second-order valence-electron chi connectivity index (χ2n) is 6.12. The predicted molar refractivity (Wildman–Crippen MR) is 63.9 cm³/mol. The Morgan fingerprint density at radius 3 is 3.00 bits per heavy atom. The van der Waals surface area contributed by atoms with E-state index in [2.05, 4.69) is 6.92 Å². The van der Waals surface area contributed by atoms with Gasteiger partial charge < -0.3 is 9.47 Å². The molecule has 0 radical (unpaired) electrons. The van der Waals surface area contributed by atoms with Crippen LogP contribution in [0.25, 0.3) is 0 Å². The zero-order valence-corrected chi connectivity index (χ0v) is 11.0. The number of ether oxygens (including phenoxy) is 2. The zero-order chi connectivity index (χ0) is 13.0. The van der Waals surface area contributed by atoms with Crippen LogP contribution in [-0.4, -0.2) is 30.6 Å². The van der Waals surface area contributed by atoms with Gasteiger partial charge >= 0.3 is 5.97 Å².